The monoisotopic (exact) mass is 222 g/mol. The largest absolute Gasteiger partial charge is 0.479 e. The lowest BCUT2D eigenvalue weighted by atomic mass is 10.2. The second-order valence-corrected chi connectivity index (χ2v) is 3.22. The van der Waals surface area contributed by atoms with Crippen molar-refractivity contribution in [1.29, 1.82) is 0 Å². The average Bonchev–Trinajstić information content (AvgIpc) is 2.35. The van der Waals surface area contributed by atoms with Crippen molar-refractivity contribution in [3.05, 3.63) is 29.8 Å². The molecular weight excluding hydrogens is 208 g/mol. The van der Waals surface area contributed by atoms with Crippen molar-refractivity contribution in [2.24, 2.45) is 0 Å². The zero-order valence-corrected chi connectivity index (χ0v) is 9.30. The number of benzene rings is 1. The summed E-state index contributed by atoms with van der Waals surface area (Å²) in [4.78, 5) is 21.7. The highest BCUT2D eigenvalue weighted by Gasteiger charge is 2.18. The third-order valence-corrected chi connectivity index (χ3v) is 2.13. The van der Waals surface area contributed by atoms with Crippen LogP contribution in [0.15, 0.2) is 24.3 Å². The van der Waals surface area contributed by atoms with Crippen LogP contribution in [-0.2, 0) is 9.53 Å². The molecule has 0 saturated heterocycles. The highest BCUT2D eigenvalue weighted by molar-refractivity contribution is 5.76. The van der Waals surface area contributed by atoms with Crippen LogP contribution in [0, 0.1) is 0 Å². The maximum Gasteiger partial charge on any atom is 0.347 e. The number of hydrogen-bond acceptors (Lipinski definition) is 4. The van der Waals surface area contributed by atoms with Crippen LogP contribution < -0.4 is 4.74 Å². The number of aldehydes is 1. The SMILES string of the molecule is CCC(Oc1ccc(C=O)cc1)C(=O)OC. The molecular formula is C12H14O4. The van der Waals surface area contributed by atoms with Gasteiger partial charge in [0, 0.05) is 5.56 Å². The Morgan fingerprint density at radius 3 is 2.44 bits per heavy atom. The molecule has 16 heavy (non-hydrogen) atoms. The van der Waals surface area contributed by atoms with Crippen molar-refractivity contribution in [1.82, 2.24) is 0 Å². The normalized spacial score (nSPS) is 11.6. The van der Waals surface area contributed by atoms with Crippen molar-refractivity contribution in [3.63, 3.8) is 0 Å². The Morgan fingerprint density at radius 1 is 1.38 bits per heavy atom. The Hall–Kier alpha value is -1.84. The first-order valence-corrected chi connectivity index (χ1v) is 5.01. The van der Waals surface area contributed by atoms with Gasteiger partial charge in [0.2, 0.25) is 0 Å². The lowest BCUT2D eigenvalue weighted by Gasteiger charge is -2.14. The maximum atomic E-state index is 11.3. The maximum absolute atomic E-state index is 11.3. The highest BCUT2D eigenvalue weighted by Crippen LogP contribution is 2.14. The summed E-state index contributed by atoms with van der Waals surface area (Å²) in [6, 6.07) is 6.56. The molecule has 0 bridgehead atoms. The van der Waals surface area contributed by atoms with Gasteiger partial charge in [-0.3, -0.25) is 4.79 Å². The molecule has 0 aliphatic rings. The Bertz CT molecular complexity index is 356. The molecule has 4 heteroatoms. The van der Waals surface area contributed by atoms with Crippen molar-refractivity contribution in [2.45, 2.75) is 19.4 Å². The molecule has 1 unspecified atom stereocenters. The smallest absolute Gasteiger partial charge is 0.347 e. The lowest BCUT2D eigenvalue weighted by Crippen LogP contribution is -2.27. The minimum atomic E-state index is -0.605. The fourth-order valence-electron chi connectivity index (χ4n) is 1.22. The first kappa shape index (κ1) is 12.2. The van der Waals surface area contributed by atoms with Crippen LogP contribution in [0.3, 0.4) is 0 Å². The van der Waals surface area contributed by atoms with Gasteiger partial charge in [-0.25, -0.2) is 4.79 Å². The van der Waals surface area contributed by atoms with Crippen LogP contribution >= 0.6 is 0 Å². The van der Waals surface area contributed by atoms with Gasteiger partial charge in [-0.15, -0.1) is 0 Å². The van der Waals surface area contributed by atoms with Gasteiger partial charge < -0.3 is 9.47 Å². The Kier molecular flexibility index (Phi) is 4.51. The molecule has 4 nitrogen and oxygen atoms in total. The minimum absolute atomic E-state index is 0.401. The van der Waals surface area contributed by atoms with Crippen LogP contribution in [0.4, 0.5) is 0 Å². The molecule has 86 valence electrons. The van der Waals surface area contributed by atoms with Crippen LogP contribution in [0.25, 0.3) is 0 Å². The topological polar surface area (TPSA) is 52.6 Å². The van der Waals surface area contributed by atoms with Crippen molar-refractivity contribution in [3.8, 4) is 5.75 Å². The summed E-state index contributed by atoms with van der Waals surface area (Å²) in [6.07, 6.45) is 0.677. The molecule has 0 aliphatic heterocycles. The molecule has 0 heterocycles. The standard InChI is InChI=1S/C12H14O4/c1-3-11(12(14)15-2)16-10-6-4-9(8-13)5-7-10/h4-8,11H,3H2,1-2H3. The summed E-state index contributed by atoms with van der Waals surface area (Å²) in [6.45, 7) is 1.83. The van der Waals surface area contributed by atoms with Gasteiger partial charge in [-0.1, -0.05) is 6.92 Å². The van der Waals surface area contributed by atoms with Crippen LogP contribution in [0.5, 0.6) is 5.75 Å². The summed E-state index contributed by atoms with van der Waals surface area (Å²) in [5.74, 6) is 0.143. The molecule has 0 radical (unpaired) electrons. The molecule has 1 atom stereocenters. The highest BCUT2D eigenvalue weighted by atomic mass is 16.6. The van der Waals surface area contributed by atoms with Crippen LogP contribution in [0.1, 0.15) is 23.7 Å². The molecule has 0 fully saturated rings. The molecule has 0 amide bonds. The van der Waals surface area contributed by atoms with E-state index < -0.39 is 12.1 Å². The second kappa shape index (κ2) is 5.90. The third-order valence-electron chi connectivity index (χ3n) is 2.13. The quantitative estimate of drug-likeness (QED) is 0.563. The molecule has 1 rings (SSSR count). The molecule has 0 spiro atoms. The second-order valence-electron chi connectivity index (χ2n) is 3.22. The molecule has 0 aromatic heterocycles. The van der Waals surface area contributed by atoms with E-state index in [2.05, 4.69) is 4.74 Å². The van der Waals surface area contributed by atoms with E-state index in [1.54, 1.807) is 24.3 Å². The van der Waals surface area contributed by atoms with E-state index in [0.29, 0.717) is 17.7 Å². The molecule has 0 saturated carbocycles. The summed E-state index contributed by atoms with van der Waals surface area (Å²) in [5, 5.41) is 0. The zero-order chi connectivity index (χ0) is 12.0. The number of rotatable bonds is 5. The number of esters is 1. The molecule has 1 aromatic carbocycles. The third kappa shape index (κ3) is 3.08. The average molecular weight is 222 g/mol. The first-order valence-electron chi connectivity index (χ1n) is 5.01. The summed E-state index contributed by atoms with van der Waals surface area (Å²) < 4.78 is 10.0. The van der Waals surface area contributed by atoms with Crippen molar-refractivity contribution >= 4 is 12.3 Å². The lowest BCUT2D eigenvalue weighted by molar-refractivity contribution is -0.148. The van der Waals surface area contributed by atoms with E-state index in [9.17, 15) is 9.59 Å². The van der Waals surface area contributed by atoms with E-state index in [0.717, 1.165) is 6.29 Å². The van der Waals surface area contributed by atoms with Gasteiger partial charge in [-0.05, 0) is 30.7 Å². The summed E-state index contributed by atoms with van der Waals surface area (Å²) in [5.41, 5.74) is 0.568. The molecule has 1 aromatic rings. The molecule has 0 aliphatic carbocycles. The van der Waals surface area contributed by atoms with Gasteiger partial charge in [-0.2, -0.15) is 0 Å². The Labute approximate surface area is 94.2 Å². The van der Waals surface area contributed by atoms with Crippen LogP contribution in [-0.4, -0.2) is 25.5 Å². The van der Waals surface area contributed by atoms with E-state index in [1.165, 1.54) is 7.11 Å². The fourth-order valence-corrected chi connectivity index (χ4v) is 1.22. The first-order chi connectivity index (χ1) is 7.71. The van der Waals surface area contributed by atoms with Gasteiger partial charge in [0.15, 0.2) is 6.10 Å². The Balaban J connectivity index is 2.70. The van der Waals surface area contributed by atoms with Gasteiger partial charge in [0.25, 0.3) is 0 Å². The number of carbonyl (C=O) groups is 2. The predicted molar refractivity (Wildman–Crippen MR) is 58.6 cm³/mol. The predicted octanol–water partition coefficient (Wildman–Crippen LogP) is 1.83. The van der Waals surface area contributed by atoms with E-state index in [1.807, 2.05) is 6.92 Å². The van der Waals surface area contributed by atoms with Crippen LogP contribution in [0.2, 0.25) is 0 Å². The number of hydrogen-bond donors (Lipinski definition) is 0. The van der Waals surface area contributed by atoms with E-state index >= 15 is 0 Å². The number of carbonyl (C=O) groups excluding carboxylic acids is 2. The minimum Gasteiger partial charge on any atom is -0.479 e. The Morgan fingerprint density at radius 2 is 2.00 bits per heavy atom. The van der Waals surface area contributed by atoms with E-state index in [4.69, 9.17) is 4.74 Å². The van der Waals surface area contributed by atoms with Gasteiger partial charge in [0.1, 0.15) is 12.0 Å². The van der Waals surface area contributed by atoms with Crippen molar-refractivity contribution < 1.29 is 19.1 Å². The van der Waals surface area contributed by atoms with E-state index in [-0.39, 0.29) is 0 Å². The summed E-state index contributed by atoms with van der Waals surface area (Å²) >= 11 is 0. The van der Waals surface area contributed by atoms with Gasteiger partial charge >= 0.3 is 5.97 Å². The number of methoxy groups -OCH3 is 1. The number of ether oxygens (including phenoxy) is 2. The van der Waals surface area contributed by atoms with Gasteiger partial charge in [0.05, 0.1) is 7.11 Å². The fraction of sp³-hybridized carbons (Fsp3) is 0.333. The van der Waals surface area contributed by atoms with Crippen molar-refractivity contribution in [2.75, 3.05) is 7.11 Å². The summed E-state index contributed by atoms with van der Waals surface area (Å²) in [7, 11) is 1.32. The zero-order valence-electron chi connectivity index (χ0n) is 9.30. The molecule has 0 N–H and O–H groups in total.